The van der Waals surface area contributed by atoms with Crippen LogP contribution in [0.3, 0.4) is 0 Å². The van der Waals surface area contributed by atoms with Gasteiger partial charge in [-0.3, -0.25) is 28.8 Å². The standard InChI is InChI=1S/C33H42O8/c1-15(2)24-26(37)22(17(4)34)28(39)33(41)29(40)25-27(38)23-19(11-10-12-20(23)36)16(3)31(25,8)21(32(24,33)9)13-18(35)14-30(5,6)7/h10-12,15-16,21-22,24-25,36,41H,13-14H2,1-9H3/t16-,21-,22?,24?,25?,31-,32-,33+/m1/s1. The number of Topliss-reactive ketones (excluding diaryl/α,β-unsaturated/α-hetero) is 6. The van der Waals surface area contributed by atoms with Gasteiger partial charge in [-0.2, -0.15) is 0 Å². The third-order valence-electron chi connectivity index (χ3n) is 10.6. The van der Waals surface area contributed by atoms with Gasteiger partial charge in [0.25, 0.3) is 0 Å². The number of aliphatic hydroxyl groups is 1. The fourth-order valence-corrected chi connectivity index (χ4v) is 8.85. The average Bonchev–Trinajstić information content (AvgIpc) is 2.82. The van der Waals surface area contributed by atoms with Crippen LogP contribution in [0.1, 0.15) is 97.0 Å². The lowest BCUT2D eigenvalue weighted by Crippen LogP contribution is -2.80. The van der Waals surface area contributed by atoms with Crippen LogP contribution in [-0.2, 0) is 24.0 Å². The zero-order chi connectivity index (χ0) is 31.2. The maximum atomic E-state index is 14.6. The van der Waals surface area contributed by atoms with Crippen LogP contribution >= 0.6 is 0 Å². The van der Waals surface area contributed by atoms with Crippen LogP contribution in [0.5, 0.6) is 5.75 Å². The normalized spacial score (nSPS) is 37.0. The van der Waals surface area contributed by atoms with Crippen molar-refractivity contribution in [2.24, 2.45) is 45.8 Å². The molecule has 8 heteroatoms. The minimum Gasteiger partial charge on any atom is -0.507 e. The summed E-state index contributed by atoms with van der Waals surface area (Å²) in [5, 5.41) is 23.2. The summed E-state index contributed by atoms with van der Waals surface area (Å²) in [5.41, 5.74) is -5.91. The molecule has 4 rings (SSSR count). The van der Waals surface area contributed by atoms with Crippen molar-refractivity contribution < 1.29 is 39.0 Å². The quantitative estimate of drug-likeness (QED) is 0.503. The van der Waals surface area contributed by atoms with Crippen molar-refractivity contribution >= 4 is 34.7 Å². The summed E-state index contributed by atoms with van der Waals surface area (Å²) in [4.78, 5) is 83.3. The van der Waals surface area contributed by atoms with E-state index in [4.69, 9.17) is 0 Å². The Kier molecular flexibility index (Phi) is 7.18. The maximum absolute atomic E-state index is 14.6. The van der Waals surface area contributed by atoms with E-state index in [1.165, 1.54) is 13.0 Å². The smallest absolute Gasteiger partial charge is 0.190 e. The lowest BCUT2D eigenvalue weighted by molar-refractivity contribution is -0.226. The van der Waals surface area contributed by atoms with Gasteiger partial charge in [0, 0.05) is 24.2 Å². The molecule has 8 atom stereocenters. The molecule has 3 aliphatic rings. The number of ketones is 6. The first-order chi connectivity index (χ1) is 18.7. The minimum absolute atomic E-state index is 0.0503. The molecule has 1 aromatic rings. The molecular weight excluding hydrogens is 524 g/mol. The van der Waals surface area contributed by atoms with Crippen molar-refractivity contribution in [3.8, 4) is 5.75 Å². The molecule has 3 aliphatic carbocycles. The molecular formula is C33H42O8. The van der Waals surface area contributed by atoms with Crippen LogP contribution in [-0.4, -0.2) is 50.5 Å². The Bertz CT molecular complexity index is 1380. The highest BCUT2D eigenvalue weighted by Gasteiger charge is 2.80. The van der Waals surface area contributed by atoms with E-state index in [0.717, 1.165) is 6.92 Å². The molecule has 2 fully saturated rings. The van der Waals surface area contributed by atoms with Gasteiger partial charge in [0.2, 0.25) is 0 Å². The molecule has 41 heavy (non-hydrogen) atoms. The summed E-state index contributed by atoms with van der Waals surface area (Å²) in [6.45, 7) is 15.3. The number of carbonyl (C=O) groups excluding carboxylic acids is 6. The number of aromatic hydroxyl groups is 1. The maximum Gasteiger partial charge on any atom is 0.190 e. The molecule has 1 aromatic carbocycles. The molecule has 222 valence electrons. The number of fused-ring (bicyclic) bond motifs is 3. The van der Waals surface area contributed by atoms with Crippen LogP contribution in [0.15, 0.2) is 18.2 Å². The van der Waals surface area contributed by atoms with Gasteiger partial charge in [0.05, 0.1) is 11.5 Å². The number of phenolic OH excluding ortho intramolecular Hbond substituents is 1. The van der Waals surface area contributed by atoms with Crippen molar-refractivity contribution in [3.05, 3.63) is 29.3 Å². The fraction of sp³-hybridized carbons (Fsp3) is 0.636. The molecule has 0 amide bonds. The molecule has 2 N–H and O–H groups in total. The lowest BCUT2D eigenvalue weighted by Gasteiger charge is -2.67. The fourth-order valence-electron chi connectivity index (χ4n) is 8.85. The van der Waals surface area contributed by atoms with Crippen LogP contribution in [0.25, 0.3) is 0 Å². The molecule has 0 heterocycles. The van der Waals surface area contributed by atoms with Crippen molar-refractivity contribution in [2.75, 3.05) is 0 Å². The van der Waals surface area contributed by atoms with E-state index < -0.39 is 80.9 Å². The Morgan fingerprint density at radius 1 is 1.02 bits per heavy atom. The van der Waals surface area contributed by atoms with Crippen LogP contribution in [0, 0.1) is 45.8 Å². The molecule has 8 nitrogen and oxygen atoms in total. The van der Waals surface area contributed by atoms with E-state index in [0.29, 0.717) is 5.56 Å². The largest absolute Gasteiger partial charge is 0.507 e. The summed E-state index contributed by atoms with van der Waals surface area (Å²) in [5.74, 6) is -11.6. The minimum atomic E-state index is -2.87. The molecule has 0 aliphatic heterocycles. The molecule has 2 saturated carbocycles. The molecule has 0 aromatic heterocycles. The monoisotopic (exact) mass is 566 g/mol. The van der Waals surface area contributed by atoms with Gasteiger partial charge in [-0.25, -0.2) is 0 Å². The molecule has 0 bridgehead atoms. The first kappa shape index (κ1) is 30.9. The Morgan fingerprint density at radius 2 is 1.61 bits per heavy atom. The van der Waals surface area contributed by atoms with Gasteiger partial charge in [0.15, 0.2) is 28.7 Å². The highest BCUT2D eigenvalue weighted by molar-refractivity contribution is 6.32. The summed E-state index contributed by atoms with van der Waals surface area (Å²) >= 11 is 0. The number of hydrogen-bond donors (Lipinski definition) is 2. The van der Waals surface area contributed by atoms with Gasteiger partial charge in [-0.1, -0.05) is 67.5 Å². The van der Waals surface area contributed by atoms with Gasteiger partial charge in [-0.15, -0.1) is 0 Å². The third-order valence-corrected chi connectivity index (χ3v) is 10.6. The van der Waals surface area contributed by atoms with E-state index in [1.54, 1.807) is 32.9 Å². The molecule has 3 unspecified atom stereocenters. The van der Waals surface area contributed by atoms with Crippen LogP contribution < -0.4 is 0 Å². The SMILES string of the molecule is CC(=O)C1C(=O)C(C(C)C)[C@@]2(C)[C@H](CC(=O)CC(C)(C)C)[C@]3(C)C(C(=O)c4c(O)cccc4[C@H]3C)C(=O)[C@@]2(O)C1=O. The Labute approximate surface area is 241 Å². The topological polar surface area (TPSA) is 143 Å². The van der Waals surface area contributed by atoms with E-state index >= 15 is 0 Å². The van der Waals surface area contributed by atoms with Gasteiger partial charge < -0.3 is 10.2 Å². The van der Waals surface area contributed by atoms with Gasteiger partial charge >= 0.3 is 0 Å². The average molecular weight is 567 g/mol. The first-order valence-corrected chi connectivity index (χ1v) is 14.4. The highest BCUT2D eigenvalue weighted by Crippen LogP contribution is 2.70. The van der Waals surface area contributed by atoms with Crippen LogP contribution in [0.4, 0.5) is 0 Å². The summed E-state index contributed by atoms with van der Waals surface area (Å²) in [6.07, 6.45) is -0.0205. The summed E-state index contributed by atoms with van der Waals surface area (Å²) in [6, 6.07) is 4.64. The zero-order valence-corrected chi connectivity index (χ0v) is 25.5. The molecule has 0 radical (unpaired) electrons. The molecule has 0 saturated heterocycles. The van der Waals surface area contributed by atoms with Gasteiger partial charge in [0.1, 0.15) is 23.2 Å². The third kappa shape index (κ3) is 3.96. The summed E-state index contributed by atoms with van der Waals surface area (Å²) in [7, 11) is 0. The van der Waals surface area contributed by atoms with Gasteiger partial charge in [-0.05, 0) is 47.1 Å². The van der Waals surface area contributed by atoms with E-state index in [1.807, 2.05) is 27.7 Å². The highest BCUT2D eigenvalue weighted by atomic mass is 16.3. The van der Waals surface area contributed by atoms with Crippen molar-refractivity contribution in [2.45, 2.75) is 86.7 Å². The van der Waals surface area contributed by atoms with Crippen molar-refractivity contribution in [3.63, 3.8) is 0 Å². The Morgan fingerprint density at radius 3 is 2.12 bits per heavy atom. The number of phenols is 1. The van der Waals surface area contributed by atoms with Crippen LogP contribution in [0.2, 0.25) is 0 Å². The van der Waals surface area contributed by atoms with Crippen molar-refractivity contribution in [1.29, 1.82) is 0 Å². The number of rotatable bonds is 5. The number of benzene rings is 1. The summed E-state index contributed by atoms with van der Waals surface area (Å²) < 4.78 is 0. The predicted molar refractivity (Wildman–Crippen MR) is 150 cm³/mol. The second-order valence-electron chi connectivity index (χ2n) is 14.5. The Hall–Kier alpha value is -3.00. The predicted octanol–water partition coefficient (Wildman–Crippen LogP) is 4.28. The van der Waals surface area contributed by atoms with Crippen molar-refractivity contribution in [1.82, 2.24) is 0 Å². The van der Waals surface area contributed by atoms with E-state index in [2.05, 4.69) is 0 Å². The Balaban J connectivity index is 2.12. The van der Waals surface area contributed by atoms with E-state index in [9.17, 15) is 39.0 Å². The second kappa shape index (κ2) is 9.51. The first-order valence-electron chi connectivity index (χ1n) is 14.4. The lowest BCUT2D eigenvalue weighted by atomic mass is 9.34. The zero-order valence-electron chi connectivity index (χ0n) is 25.5. The van der Waals surface area contributed by atoms with E-state index in [-0.39, 0.29) is 35.4 Å². The number of hydrogen-bond acceptors (Lipinski definition) is 8. The number of carbonyl (C=O) groups is 6. The molecule has 0 spiro atoms. The second-order valence-corrected chi connectivity index (χ2v) is 14.5.